The second-order valence-electron chi connectivity index (χ2n) is 3.15. The molecule has 1 N–H and O–H groups in total. The maximum atomic E-state index is 4.25. The van der Waals surface area contributed by atoms with Gasteiger partial charge >= 0.3 is 0 Å². The van der Waals surface area contributed by atoms with Crippen LogP contribution in [0.5, 0.6) is 0 Å². The average molecular weight is 183 g/mol. The highest BCUT2D eigenvalue weighted by Gasteiger charge is 2.21. The zero-order valence-corrected chi connectivity index (χ0v) is 7.97. The lowest BCUT2D eigenvalue weighted by molar-refractivity contribution is 0.173. The van der Waals surface area contributed by atoms with Crippen LogP contribution in [0.3, 0.4) is 0 Å². The lowest BCUT2D eigenvalue weighted by Gasteiger charge is -2.35. The zero-order chi connectivity index (χ0) is 8.39. The fourth-order valence-electron chi connectivity index (χ4n) is 1.26. The molecule has 2 heterocycles. The van der Waals surface area contributed by atoms with Crippen molar-refractivity contribution < 1.29 is 0 Å². The highest BCUT2D eigenvalue weighted by molar-refractivity contribution is 7.09. The summed E-state index contributed by atoms with van der Waals surface area (Å²) in [5, 5.41) is 6.51. The lowest BCUT2D eigenvalue weighted by atomic mass is 10.1. The van der Waals surface area contributed by atoms with E-state index in [1.807, 2.05) is 11.6 Å². The van der Waals surface area contributed by atoms with Crippen LogP contribution in [-0.2, 0) is 6.54 Å². The van der Waals surface area contributed by atoms with Crippen molar-refractivity contribution in [3.05, 3.63) is 16.6 Å². The van der Waals surface area contributed by atoms with Gasteiger partial charge in [-0.25, -0.2) is 4.98 Å². The summed E-state index contributed by atoms with van der Waals surface area (Å²) in [6, 6.07) is 0.717. The molecule has 12 heavy (non-hydrogen) atoms. The summed E-state index contributed by atoms with van der Waals surface area (Å²) in [7, 11) is 2.16. The Hall–Kier alpha value is -0.450. The Balaban J connectivity index is 1.86. The van der Waals surface area contributed by atoms with Crippen molar-refractivity contribution in [2.75, 3.05) is 20.1 Å². The number of likely N-dealkylation sites (N-methyl/N-ethyl adjacent to an activating group) is 1. The third-order valence-corrected chi connectivity index (χ3v) is 3.02. The maximum Gasteiger partial charge on any atom is 0.107 e. The maximum absolute atomic E-state index is 4.25. The zero-order valence-electron chi connectivity index (χ0n) is 7.16. The molecule has 1 fully saturated rings. The van der Waals surface area contributed by atoms with Crippen molar-refractivity contribution in [3.63, 3.8) is 0 Å². The van der Waals surface area contributed by atoms with Crippen molar-refractivity contribution in [2.24, 2.45) is 0 Å². The third-order valence-electron chi connectivity index (χ3n) is 2.25. The topological polar surface area (TPSA) is 28.2 Å². The summed E-state index contributed by atoms with van der Waals surface area (Å²) in [6.07, 6.45) is 1.87. The molecule has 0 saturated carbocycles. The molecule has 1 aliphatic rings. The van der Waals surface area contributed by atoms with Gasteiger partial charge in [-0.1, -0.05) is 0 Å². The Morgan fingerprint density at radius 3 is 3.08 bits per heavy atom. The van der Waals surface area contributed by atoms with Crippen LogP contribution in [0.25, 0.3) is 0 Å². The molecular formula is C8H13N3S. The summed E-state index contributed by atoms with van der Waals surface area (Å²) in [5.74, 6) is 0. The molecule has 0 bridgehead atoms. The van der Waals surface area contributed by atoms with E-state index in [-0.39, 0.29) is 0 Å². The van der Waals surface area contributed by atoms with E-state index in [1.54, 1.807) is 11.3 Å². The van der Waals surface area contributed by atoms with E-state index in [1.165, 1.54) is 5.01 Å². The SMILES string of the molecule is CN(Cc1nccs1)C1CNC1. The highest BCUT2D eigenvalue weighted by atomic mass is 32.1. The molecule has 0 aliphatic carbocycles. The number of nitrogens with one attached hydrogen (secondary N) is 1. The summed E-state index contributed by atoms with van der Waals surface area (Å²) in [4.78, 5) is 6.61. The first-order valence-electron chi connectivity index (χ1n) is 4.15. The second kappa shape index (κ2) is 3.51. The van der Waals surface area contributed by atoms with E-state index in [4.69, 9.17) is 0 Å². The predicted octanol–water partition coefficient (Wildman–Crippen LogP) is 0.547. The van der Waals surface area contributed by atoms with Crippen LogP contribution >= 0.6 is 11.3 Å². The van der Waals surface area contributed by atoms with Gasteiger partial charge in [0.05, 0.1) is 6.54 Å². The first kappa shape index (κ1) is 8.16. The molecule has 0 amide bonds. The fraction of sp³-hybridized carbons (Fsp3) is 0.625. The van der Waals surface area contributed by atoms with Gasteiger partial charge in [-0.2, -0.15) is 0 Å². The van der Waals surface area contributed by atoms with Crippen molar-refractivity contribution in [1.82, 2.24) is 15.2 Å². The molecule has 1 saturated heterocycles. The number of rotatable bonds is 3. The van der Waals surface area contributed by atoms with E-state index in [9.17, 15) is 0 Å². The van der Waals surface area contributed by atoms with Crippen LogP contribution in [0.1, 0.15) is 5.01 Å². The molecule has 2 rings (SSSR count). The molecule has 66 valence electrons. The standard InChI is InChI=1S/C8H13N3S/c1-11(7-4-9-5-7)6-8-10-2-3-12-8/h2-3,7,9H,4-6H2,1H3. The highest BCUT2D eigenvalue weighted by Crippen LogP contribution is 2.10. The molecule has 1 aromatic rings. The number of hydrogen-bond donors (Lipinski definition) is 1. The monoisotopic (exact) mass is 183 g/mol. The number of aromatic nitrogens is 1. The Bertz CT molecular complexity index is 230. The quantitative estimate of drug-likeness (QED) is 0.741. The first-order chi connectivity index (χ1) is 5.86. The van der Waals surface area contributed by atoms with Crippen molar-refractivity contribution in [2.45, 2.75) is 12.6 Å². The minimum atomic E-state index is 0.717. The molecule has 3 nitrogen and oxygen atoms in total. The van der Waals surface area contributed by atoms with Crippen molar-refractivity contribution in [1.29, 1.82) is 0 Å². The van der Waals surface area contributed by atoms with Gasteiger partial charge in [0, 0.05) is 30.7 Å². The first-order valence-corrected chi connectivity index (χ1v) is 5.03. The van der Waals surface area contributed by atoms with Gasteiger partial charge in [0.15, 0.2) is 0 Å². The van der Waals surface area contributed by atoms with Crippen molar-refractivity contribution in [3.8, 4) is 0 Å². The van der Waals surface area contributed by atoms with Gasteiger partial charge < -0.3 is 5.32 Å². The van der Waals surface area contributed by atoms with Crippen molar-refractivity contribution >= 4 is 11.3 Å². The average Bonchev–Trinajstić information content (AvgIpc) is 2.34. The summed E-state index contributed by atoms with van der Waals surface area (Å²) in [6.45, 7) is 3.24. The Morgan fingerprint density at radius 1 is 1.75 bits per heavy atom. The molecule has 0 spiro atoms. The normalized spacial score (nSPS) is 18.2. The van der Waals surface area contributed by atoms with Crippen LogP contribution in [0.4, 0.5) is 0 Å². The van der Waals surface area contributed by atoms with E-state index >= 15 is 0 Å². The van der Waals surface area contributed by atoms with Gasteiger partial charge in [-0.15, -0.1) is 11.3 Å². The van der Waals surface area contributed by atoms with Crippen LogP contribution in [0.15, 0.2) is 11.6 Å². The summed E-state index contributed by atoms with van der Waals surface area (Å²) in [5.41, 5.74) is 0. The fourth-order valence-corrected chi connectivity index (χ4v) is 1.94. The van der Waals surface area contributed by atoms with Gasteiger partial charge in [0.2, 0.25) is 0 Å². The van der Waals surface area contributed by atoms with Crippen LogP contribution in [0.2, 0.25) is 0 Å². The summed E-state index contributed by atoms with van der Waals surface area (Å²) < 4.78 is 0. The smallest absolute Gasteiger partial charge is 0.107 e. The number of thiazole rings is 1. The van der Waals surface area contributed by atoms with E-state index in [0.717, 1.165) is 19.6 Å². The molecule has 0 atom stereocenters. The third kappa shape index (κ3) is 1.65. The van der Waals surface area contributed by atoms with E-state index < -0.39 is 0 Å². The Labute approximate surface area is 76.4 Å². The lowest BCUT2D eigenvalue weighted by Crippen LogP contribution is -2.55. The molecule has 0 unspecified atom stereocenters. The molecule has 1 aromatic heterocycles. The van der Waals surface area contributed by atoms with Gasteiger partial charge in [0.1, 0.15) is 5.01 Å². The minimum absolute atomic E-state index is 0.717. The summed E-state index contributed by atoms with van der Waals surface area (Å²) >= 11 is 1.73. The molecular weight excluding hydrogens is 170 g/mol. The van der Waals surface area contributed by atoms with E-state index in [0.29, 0.717) is 6.04 Å². The molecule has 1 aliphatic heterocycles. The van der Waals surface area contributed by atoms with Crippen LogP contribution in [-0.4, -0.2) is 36.1 Å². The Kier molecular flexibility index (Phi) is 2.39. The van der Waals surface area contributed by atoms with Gasteiger partial charge in [0.25, 0.3) is 0 Å². The number of hydrogen-bond acceptors (Lipinski definition) is 4. The number of nitrogens with zero attached hydrogens (tertiary/aromatic N) is 2. The van der Waals surface area contributed by atoms with Crippen LogP contribution in [0, 0.1) is 0 Å². The molecule has 0 radical (unpaired) electrons. The second-order valence-corrected chi connectivity index (χ2v) is 4.13. The predicted molar refractivity (Wildman–Crippen MR) is 50.2 cm³/mol. The van der Waals surface area contributed by atoms with Gasteiger partial charge in [-0.3, -0.25) is 4.90 Å². The largest absolute Gasteiger partial charge is 0.314 e. The Morgan fingerprint density at radius 2 is 2.58 bits per heavy atom. The molecule has 4 heteroatoms. The van der Waals surface area contributed by atoms with E-state index in [2.05, 4.69) is 22.2 Å². The minimum Gasteiger partial charge on any atom is -0.314 e. The molecule has 0 aromatic carbocycles. The van der Waals surface area contributed by atoms with Crippen LogP contribution < -0.4 is 5.32 Å². The van der Waals surface area contributed by atoms with Gasteiger partial charge in [-0.05, 0) is 7.05 Å².